The zero-order chi connectivity index (χ0) is 36.9. The minimum Gasteiger partial charge on any atom is -0.394 e. The second-order valence-corrected chi connectivity index (χ2v) is 14.9. The zero-order valence-electron chi connectivity index (χ0n) is 33.5. The average Bonchev–Trinajstić information content (AvgIpc) is 3.55. The number of ether oxygens (including phenoxy) is 2. The van der Waals surface area contributed by atoms with Gasteiger partial charge in [-0.15, -0.1) is 0 Å². The lowest BCUT2D eigenvalue weighted by atomic mass is 9.98. The number of amides is 1. The predicted octanol–water partition coefficient (Wildman–Crippen LogP) is 11.0. The van der Waals surface area contributed by atoms with E-state index in [1.807, 2.05) is 4.90 Å². The lowest BCUT2D eigenvalue weighted by molar-refractivity contribution is -0.132. The van der Waals surface area contributed by atoms with Crippen LogP contribution in [0.25, 0.3) is 0 Å². The van der Waals surface area contributed by atoms with Crippen LogP contribution in [0.2, 0.25) is 0 Å². The summed E-state index contributed by atoms with van der Waals surface area (Å²) in [5.41, 5.74) is 5.87. The molecule has 1 aliphatic heterocycles. The predicted molar refractivity (Wildman–Crippen MR) is 219 cm³/mol. The van der Waals surface area contributed by atoms with Crippen LogP contribution in [0.15, 0.2) is 48.6 Å². The van der Waals surface area contributed by atoms with Crippen molar-refractivity contribution in [3.8, 4) is 0 Å². The van der Waals surface area contributed by atoms with Crippen molar-refractivity contribution >= 4 is 5.91 Å². The molecule has 1 aliphatic rings. The smallest absolute Gasteiger partial charge is 0.241 e. The molecule has 3 N–H and O–H groups in total. The molecule has 0 aromatic rings. The van der Waals surface area contributed by atoms with Crippen LogP contribution in [-0.2, 0) is 14.3 Å². The highest BCUT2D eigenvalue weighted by molar-refractivity contribution is 5.82. The van der Waals surface area contributed by atoms with E-state index in [1.165, 1.54) is 128 Å². The topological polar surface area (TPSA) is 85.0 Å². The van der Waals surface area contributed by atoms with Gasteiger partial charge in [-0.05, 0) is 77.0 Å². The Morgan fingerprint density at radius 1 is 0.588 bits per heavy atom. The first-order valence-corrected chi connectivity index (χ1v) is 21.5. The number of aliphatic hydroxyl groups excluding tert-OH is 1. The summed E-state index contributed by atoms with van der Waals surface area (Å²) in [6, 6.07) is -0.845. The van der Waals surface area contributed by atoms with Crippen LogP contribution in [0.5, 0.6) is 0 Å². The Bertz CT molecular complexity index is 825. The number of hydrogen-bond acceptors (Lipinski definition) is 5. The van der Waals surface area contributed by atoms with Crippen molar-refractivity contribution < 1.29 is 19.4 Å². The Morgan fingerprint density at radius 2 is 0.941 bits per heavy atom. The van der Waals surface area contributed by atoms with Crippen LogP contribution in [0.4, 0.5) is 0 Å². The van der Waals surface area contributed by atoms with E-state index in [2.05, 4.69) is 62.5 Å². The van der Waals surface area contributed by atoms with Crippen molar-refractivity contribution in [1.82, 2.24) is 4.90 Å². The highest BCUT2D eigenvalue weighted by Gasteiger charge is 2.36. The van der Waals surface area contributed by atoms with Gasteiger partial charge >= 0.3 is 0 Å². The maximum atomic E-state index is 12.7. The summed E-state index contributed by atoms with van der Waals surface area (Å²) in [5, 5.41) is 9.41. The largest absolute Gasteiger partial charge is 0.394 e. The van der Waals surface area contributed by atoms with Crippen LogP contribution >= 0.6 is 0 Å². The average molecular weight is 715 g/mol. The molecule has 0 aliphatic carbocycles. The summed E-state index contributed by atoms with van der Waals surface area (Å²) in [6.45, 7) is 8.30. The van der Waals surface area contributed by atoms with E-state index in [4.69, 9.17) is 15.2 Å². The number of allylic oxidation sites excluding steroid dienone is 8. The number of carbonyl (C=O) groups is 1. The number of nitrogens with two attached hydrogens (primary N) is 1. The van der Waals surface area contributed by atoms with Crippen molar-refractivity contribution in [2.75, 3.05) is 46.1 Å². The van der Waals surface area contributed by atoms with Crippen LogP contribution in [0.1, 0.15) is 168 Å². The maximum Gasteiger partial charge on any atom is 0.241 e. The highest BCUT2D eigenvalue weighted by Crippen LogP contribution is 2.25. The summed E-state index contributed by atoms with van der Waals surface area (Å²) in [4.78, 5) is 14.5. The van der Waals surface area contributed by atoms with Gasteiger partial charge in [-0.25, -0.2) is 0 Å². The molecule has 6 nitrogen and oxygen atoms in total. The molecule has 1 heterocycles. The molecule has 51 heavy (non-hydrogen) atoms. The molecule has 0 aromatic carbocycles. The zero-order valence-corrected chi connectivity index (χ0v) is 33.5. The van der Waals surface area contributed by atoms with Gasteiger partial charge < -0.3 is 25.2 Å². The lowest BCUT2D eigenvalue weighted by Gasteiger charge is -2.19. The number of nitrogens with zero attached hydrogens (tertiary/aromatic N) is 1. The molecule has 3 atom stereocenters. The van der Waals surface area contributed by atoms with Gasteiger partial charge in [0.25, 0.3) is 0 Å². The van der Waals surface area contributed by atoms with Crippen molar-refractivity contribution in [3.05, 3.63) is 48.6 Å². The molecule has 6 heteroatoms. The minimum absolute atomic E-state index is 0.166. The Hall–Kier alpha value is -1.73. The second-order valence-electron chi connectivity index (χ2n) is 14.9. The first kappa shape index (κ1) is 47.3. The van der Waals surface area contributed by atoms with Crippen molar-refractivity contribution in [1.29, 1.82) is 0 Å². The number of rotatable bonds is 36. The molecule has 0 unspecified atom stereocenters. The highest BCUT2D eigenvalue weighted by atomic mass is 16.5. The fourth-order valence-electron chi connectivity index (χ4n) is 6.66. The SMILES string of the molecule is CCCCC/C=C\C/C=C\CCCCCCCCOC[C@@H]1CN(C(=O)[C@@H](N)CO)C[C@H]1COCCCCCCCC/C=C\C/C=C\CCCCC. The molecule has 0 bridgehead atoms. The van der Waals surface area contributed by atoms with Gasteiger partial charge in [0, 0.05) is 38.1 Å². The Kier molecular flexibility index (Phi) is 34.0. The molecular formula is C45H82N2O4. The van der Waals surface area contributed by atoms with Crippen LogP contribution in [0, 0.1) is 11.8 Å². The second kappa shape index (κ2) is 36.6. The minimum atomic E-state index is -0.845. The summed E-state index contributed by atoms with van der Waals surface area (Å²) >= 11 is 0. The first-order valence-electron chi connectivity index (χ1n) is 21.5. The molecule has 1 fully saturated rings. The molecule has 296 valence electrons. The van der Waals surface area contributed by atoms with Gasteiger partial charge in [0.2, 0.25) is 5.91 Å². The molecule has 1 saturated heterocycles. The number of hydrogen-bond donors (Lipinski definition) is 2. The maximum absolute atomic E-state index is 12.7. The molecule has 1 amide bonds. The van der Waals surface area contributed by atoms with Crippen LogP contribution in [0.3, 0.4) is 0 Å². The lowest BCUT2D eigenvalue weighted by Crippen LogP contribution is -2.45. The van der Waals surface area contributed by atoms with Crippen molar-refractivity contribution in [2.24, 2.45) is 17.6 Å². The molecule has 1 rings (SSSR count). The Labute approximate surface area is 315 Å². The standard InChI is InChI=1S/C45H82N2O4/c1-3-5-7-9-11-13-15-17-19-21-23-25-27-29-31-33-35-50-40-42-37-47(45(49)44(46)39-48)38-43(42)41-51-36-34-32-30-28-26-24-22-20-18-16-14-12-10-8-6-4-2/h11-14,17-20,42-44,48H,3-10,15-16,21-41,46H2,1-2H3/b13-11-,14-12-,19-17-,20-18-/t42-,43-,44-/m0/s1. The third-order valence-electron chi connectivity index (χ3n) is 10.0. The summed E-state index contributed by atoms with van der Waals surface area (Å²) in [5.74, 6) is 0.334. The molecular weight excluding hydrogens is 633 g/mol. The van der Waals surface area contributed by atoms with Gasteiger partial charge in [-0.2, -0.15) is 0 Å². The van der Waals surface area contributed by atoms with Gasteiger partial charge in [-0.3, -0.25) is 4.79 Å². The van der Waals surface area contributed by atoms with Crippen LogP contribution < -0.4 is 5.73 Å². The Morgan fingerprint density at radius 3 is 1.31 bits per heavy atom. The van der Waals surface area contributed by atoms with Gasteiger partial charge in [-0.1, -0.05) is 140 Å². The van der Waals surface area contributed by atoms with E-state index in [1.54, 1.807) is 0 Å². The molecule has 0 spiro atoms. The van der Waals surface area contributed by atoms with Crippen LogP contribution in [-0.4, -0.2) is 68.1 Å². The third kappa shape index (κ3) is 28.4. The summed E-state index contributed by atoms with van der Waals surface area (Å²) < 4.78 is 12.3. The molecule has 0 saturated carbocycles. The van der Waals surface area contributed by atoms with Gasteiger partial charge in [0.1, 0.15) is 6.04 Å². The van der Waals surface area contributed by atoms with E-state index < -0.39 is 6.04 Å². The van der Waals surface area contributed by atoms with Gasteiger partial charge in [0.15, 0.2) is 0 Å². The summed E-state index contributed by atoms with van der Waals surface area (Å²) in [6.07, 6.45) is 48.3. The van der Waals surface area contributed by atoms with E-state index in [0.29, 0.717) is 26.3 Å². The summed E-state index contributed by atoms with van der Waals surface area (Å²) in [7, 11) is 0. The normalized spacial score (nSPS) is 17.4. The fraction of sp³-hybridized carbons (Fsp3) is 0.800. The van der Waals surface area contributed by atoms with Crippen molar-refractivity contribution in [3.63, 3.8) is 0 Å². The monoisotopic (exact) mass is 715 g/mol. The van der Waals surface area contributed by atoms with Gasteiger partial charge in [0.05, 0.1) is 19.8 Å². The quantitative estimate of drug-likeness (QED) is 0.0498. The van der Waals surface area contributed by atoms with E-state index in [-0.39, 0.29) is 24.3 Å². The third-order valence-corrected chi connectivity index (χ3v) is 10.0. The fourth-order valence-corrected chi connectivity index (χ4v) is 6.66. The van der Waals surface area contributed by atoms with E-state index >= 15 is 0 Å². The number of carbonyl (C=O) groups excluding carboxylic acids is 1. The van der Waals surface area contributed by atoms with E-state index in [0.717, 1.165) is 38.9 Å². The number of likely N-dealkylation sites (tertiary alicyclic amines) is 1. The number of unbranched alkanes of at least 4 members (excludes halogenated alkanes) is 18. The van der Waals surface area contributed by atoms with E-state index in [9.17, 15) is 9.90 Å². The van der Waals surface area contributed by atoms with Crippen molar-refractivity contribution in [2.45, 2.75) is 174 Å². The molecule has 0 radical (unpaired) electrons. The Balaban J connectivity index is 2.12. The number of aliphatic hydroxyl groups is 1. The molecule has 0 aromatic heterocycles. The first-order chi connectivity index (χ1) is 25.1.